The fourth-order valence-corrected chi connectivity index (χ4v) is 2.67. The zero-order chi connectivity index (χ0) is 18.2. The van der Waals surface area contributed by atoms with Crippen LogP contribution in [0, 0.1) is 6.92 Å². The summed E-state index contributed by atoms with van der Waals surface area (Å²) in [5.41, 5.74) is 3.49. The minimum atomic E-state index is 0.521. The Morgan fingerprint density at radius 3 is 2.58 bits per heavy atom. The first kappa shape index (κ1) is 17.8. The van der Waals surface area contributed by atoms with Gasteiger partial charge in [-0.1, -0.05) is 42.0 Å². The lowest BCUT2D eigenvalue weighted by Gasteiger charge is -2.14. The lowest BCUT2D eigenvalue weighted by molar-refractivity contribution is 0.269. The van der Waals surface area contributed by atoms with Crippen molar-refractivity contribution in [1.82, 2.24) is 4.98 Å². The summed E-state index contributed by atoms with van der Waals surface area (Å²) >= 11 is 0. The number of hydrogen-bond donors (Lipinski definition) is 1. The van der Waals surface area contributed by atoms with Gasteiger partial charge in [-0.25, -0.2) is 4.98 Å². The van der Waals surface area contributed by atoms with Crippen molar-refractivity contribution in [1.29, 1.82) is 0 Å². The van der Waals surface area contributed by atoms with Crippen molar-refractivity contribution < 1.29 is 9.47 Å². The first-order chi connectivity index (χ1) is 12.7. The minimum absolute atomic E-state index is 0.521. The van der Waals surface area contributed by atoms with Crippen LogP contribution in [0.15, 0.2) is 66.9 Å². The van der Waals surface area contributed by atoms with Crippen molar-refractivity contribution in [3.8, 4) is 11.5 Å². The molecule has 0 fully saturated rings. The van der Waals surface area contributed by atoms with E-state index in [0.29, 0.717) is 19.8 Å². The second kappa shape index (κ2) is 8.90. The van der Waals surface area contributed by atoms with Crippen molar-refractivity contribution in [2.45, 2.75) is 27.0 Å². The summed E-state index contributed by atoms with van der Waals surface area (Å²) in [5, 5.41) is 3.31. The van der Waals surface area contributed by atoms with E-state index in [1.165, 1.54) is 5.56 Å². The molecule has 0 amide bonds. The van der Waals surface area contributed by atoms with E-state index in [-0.39, 0.29) is 0 Å². The van der Waals surface area contributed by atoms with Gasteiger partial charge in [0.15, 0.2) is 11.5 Å². The van der Waals surface area contributed by atoms with Crippen molar-refractivity contribution in [3.63, 3.8) is 0 Å². The number of anilines is 1. The highest BCUT2D eigenvalue weighted by Gasteiger charge is 2.07. The van der Waals surface area contributed by atoms with Crippen LogP contribution in [0.2, 0.25) is 0 Å². The average Bonchev–Trinajstić information content (AvgIpc) is 2.67. The summed E-state index contributed by atoms with van der Waals surface area (Å²) in [6.45, 7) is 5.85. The lowest BCUT2D eigenvalue weighted by Crippen LogP contribution is -2.03. The Hall–Kier alpha value is -3.01. The van der Waals surface area contributed by atoms with Gasteiger partial charge in [0.05, 0.1) is 6.61 Å². The van der Waals surface area contributed by atoms with Crippen molar-refractivity contribution in [3.05, 3.63) is 83.6 Å². The van der Waals surface area contributed by atoms with E-state index >= 15 is 0 Å². The van der Waals surface area contributed by atoms with Crippen LogP contribution < -0.4 is 14.8 Å². The standard InChI is InChI=1S/C22H24N2O2/c1-3-25-21-14-18(15-24-22-9-4-5-12-23-22)10-11-20(21)26-16-19-8-6-7-17(2)13-19/h4-14H,3,15-16H2,1-2H3,(H,23,24). The number of aryl methyl sites for hydroxylation is 1. The highest BCUT2D eigenvalue weighted by Crippen LogP contribution is 2.29. The Bertz CT molecular complexity index is 835. The van der Waals surface area contributed by atoms with Gasteiger partial charge in [-0.3, -0.25) is 0 Å². The second-order valence-corrected chi connectivity index (χ2v) is 6.06. The summed E-state index contributed by atoms with van der Waals surface area (Å²) in [6.07, 6.45) is 1.77. The molecule has 0 aliphatic carbocycles. The highest BCUT2D eigenvalue weighted by atomic mass is 16.5. The molecule has 134 valence electrons. The summed E-state index contributed by atoms with van der Waals surface area (Å²) in [7, 11) is 0. The number of aromatic nitrogens is 1. The molecule has 0 bridgehead atoms. The molecule has 0 unspecified atom stereocenters. The van der Waals surface area contributed by atoms with Gasteiger partial charge in [-0.2, -0.15) is 0 Å². The van der Waals surface area contributed by atoms with Crippen LogP contribution in [0.5, 0.6) is 11.5 Å². The smallest absolute Gasteiger partial charge is 0.161 e. The maximum absolute atomic E-state index is 5.99. The normalized spacial score (nSPS) is 10.4. The molecular formula is C22H24N2O2. The van der Waals surface area contributed by atoms with Gasteiger partial charge in [0.25, 0.3) is 0 Å². The molecule has 1 aromatic heterocycles. The van der Waals surface area contributed by atoms with Crippen molar-refractivity contribution in [2.24, 2.45) is 0 Å². The monoisotopic (exact) mass is 348 g/mol. The van der Waals surface area contributed by atoms with Crippen LogP contribution in [0.3, 0.4) is 0 Å². The molecule has 2 aromatic carbocycles. The molecule has 0 atom stereocenters. The van der Waals surface area contributed by atoms with Gasteiger partial charge in [-0.05, 0) is 49.2 Å². The molecule has 0 aliphatic rings. The number of nitrogens with zero attached hydrogens (tertiary/aromatic N) is 1. The molecule has 26 heavy (non-hydrogen) atoms. The van der Waals surface area contributed by atoms with Crippen LogP contribution in [-0.2, 0) is 13.2 Å². The zero-order valence-corrected chi connectivity index (χ0v) is 15.2. The molecule has 3 aromatic rings. The van der Waals surface area contributed by atoms with E-state index in [4.69, 9.17) is 9.47 Å². The van der Waals surface area contributed by atoms with Crippen LogP contribution in [0.25, 0.3) is 0 Å². The second-order valence-electron chi connectivity index (χ2n) is 6.06. The van der Waals surface area contributed by atoms with Gasteiger partial charge in [0.1, 0.15) is 12.4 Å². The van der Waals surface area contributed by atoms with Crippen LogP contribution in [-0.4, -0.2) is 11.6 Å². The highest BCUT2D eigenvalue weighted by molar-refractivity contribution is 5.44. The van der Waals surface area contributed by atoms with Gasteiger partial charge in [0, 0.05) is 12.7 Å². The quantitative estimate of drug-likeness (QED) is 0.623. The van der Waals surface area contributed by atoms with Crippen LogP contribution >= 0.6 is 0 Å². The van der Waals surface area contributed by atoms with E-state index in [2.05, 4.69) is 35.4 Å². The predicted molar refractivity (Wildman–Crippen MR) is 105 cm³/mol. The molecule has 0 spiro atoms. The molecule has 0 saturated carbocycles. The largest absolute Gasteiger partial charge is 0.490 e. The Labute approximate surface area is 154 Å². The Balaban J connectivity index is 1.67. The Kier molecular flexibility index (Phi) is 6.09. The average molecular weight is 348 g/mol. The molecule has 4 heteroatoms. The third-order valence-corrected chi connectivity index (χ3v) is 3.92. The fourth-order valence-electron chi connectivity index (χ4n) is 2.67. The number of hydrogen-bond acceptors (Lipinski definition) is 4. The molecule has 0 aliphatic heterocycles. The van der Waals surface area contributed by atoms with E-state index in [9.17, 15) is 0 Å². The maximum Gasteiger partial charge on any atom is 0.161 e. The van der Waals surface area contributed by atoms with Crippen LogP contribution in [0.1, 0.15) is 23.6 Å². The molecule has 1 N–H and O–H groups in total. The van der Waals surface area contributed by atoms with Gasteiger partial charge < -0.3 is 14.8 Å². The van der Waals surface area contributed by atoms with E-state index < -0.39 is 0 Å². The first-order valence-corrected chi connectivity index (χ1v) is 8.83. The van der Waals surface area contributed by atoms with Crippen LogP contribution in [0.4, 0.5) is 5.82 Å². The van der Waals surface area contributed by atoms with E-state index in [1.54, 1.807) is 6.20 Å². The third-order valence-electron chi connectivity index (χ3n) is 3.92. The zero-order valence-electron chi connectivity index (χ0n) is 15.2. The first-order valence-electron chi connectivity index (χ1n) is 8.83. The topological polar surface area (TPSA) is 43.4 Å². The Morgan fingerprint density at radius 2 is 1.81 bits per heavy atom. The summed E-state index contributed by atoms with van der Waals surface area (Å²) in [4.78, 5) is 4.27. The van der Waals surface area contributed by atoms with Crippen molar-refractivity contribution >= 4 is 5.82 Å². The molecular weight excluding hydrogens is 324 g/mol. The maximum atomic E-state index is 5.99. The lowest BCUT2D eigenvalue weighted by atomic mass is 10.1. The number of rotatable bonds is 8. The molecule has 0 saturated heterocycles. The van der Waals surface area contributed by atoms with Crippen molar-refractivity contribution in [2.75, 3.05) is 11.9 Å². The number of pyridine rings is 1. The van der Waals surface area contributed by atoms with Gasteiger partial charge >= 0.3 is 0 Å². The molecule has 4 nitrogen and oxygen atoms in total. The number of nitrogens with one attached hydrogen (secondary N) is 1. The van der Waals surface area contributed by atoms with Gasteiger partial charge in [-0.15, -0.1) is 0 Å². The predicted octanol–water partition coefficient (Wildman–Crippen LogP) is 4.98. The third kappa shape index (κ3) is 4.99. The Morgan fingerprint density at radius 1 is 0.885 bits per heavy atom. The number of ether oxygens (including phenoxy) is 2. The van der Waals surface area contributed by atoms with E-state index in [0.717, 1.165) is 28.4 Å². The van der Waals surface area contributed by atoms with Gasteiger partial charge in [0.2, 0.25) is 0 Å². The van der Waals surface area contributed by atoms with E-state index in [1.807, 2.05) is 49.4 Å². The fraction of sp³-hybridized carbons (Fsp3) is 0.227. The number of benzene rings is 2. The molecule has 3 rings (SSSR count). The summed E-state index contributed by atoms with van der Waals surface area (Å²) in [5.74, 6) is 2.38. The summed E-state index contributed by atoms with van der Waals surface area (Å²) in [6, 6.07) is 20.2. The molecule has 1 heterocycles. The summed E-state index contributed by atoms with van der Waals surface area (Å²) < 4.78 is 11.8. The molecule has 0 radical (unpaired) electrons. The minimum Gasteiger partial charge on any atom is -0.490 e. The SMILES string of the molecule is CCOc1cc(CNc2ccccn2)ccc1OCc1cccc(C)c1.